The normalized spacial score (nSPS) is 16.5. The summed E-state index contributed by atoms with van der Waals surface area (Å²) < 4.78 is 15.7. The maximum atomic E-state index is 12.4. The third kappa shape index (κ3) is 3.99. The minimum atomic E-state index is -0.783. The predicted octanol–water partition coefficient (Wildman–Crippen LogP) is 2.95. The molecule has 0 N–H and O–H groups in total. The lowest BCUT2D eigenvalue weighted by Crippen LogP contribution is -2.44. The quantitative estimate of drug-likeness (QED) is 0.774. The van der Waals surface area contributed by atoms with Crippen LogP contribution < -0.4 is 4.74 Å². The van der Waals surface area contributed by atoms with Crippen LogP contribution in [0, 0.1) is 5.92 Å². The van der Waals surface area contributed by atoms with E-state index in [0.717, 1.165) is 16.9 Å². The molecular formula is C18H25NO5. The average Bonchev–Trinajstić information content (AvgIpc) is 2.58. The Morgan fingerprint density at radius 1 is 1.33 bits per heavy atom. The number of carbonyl (C=O) groups excluding carboxylic acids is 2. The Balaban J connectivity index is 2.28. The van der Waals surface area contributed by atoms with Crippen molar-refractivity contribution in [2.75, 3.05) is 26.9 Å². The van der Waals surface area contributed by atoms with E-state index in [2.05, 4.69) is 0 Å². The van der Waals surface area contributed by atoms with Gasteiger partial charge in [-0.3, -0.25) is 4.90 Å². The van der Waals surface area contributed by atoms with Gasteiger partial charge in [0.05, 0.1) is 20.3 Å². The van der Waals surface area contributed by atoms with Crippen molar-refractivity contribution in [2.24, 2.45) is 5.92 Å². The van der Waals surface area contributed by atoms with E-state index in [1.807, 2.05) is 32.9 Å². The van der Waals surface area contributed by atoms with Gasteiger partial charge in [-0.2, -0.15) is 0 Å². The topological polar surface area (TPSA) is 65.1 Å². The first-order chi connectivity index (χ1) is 11.5. The first kappa shape index (κ1) is 18.1. The molecule has 1 aliphatic heterocycles. The van der Waals surface area contributed by atoms with Gasteiger partial charge in [0.25, 0.3) is 0 Å². The van der Waals surface area contributed by atoms with Crippen LogP contribution in [0.3, 0.4) is 0 Å². The van der Waals surface area contributed by atoms with Crippen LogP contribution in [-0.2, 0) is 20.7 Å². The lowest BCUT2D eigenvalue weighted by Gasteiger charge is -2.35. The van der Waals surface area contributed by atoms with Gasteiger partial charge in [-0.05, 0) is 42.5 Å². The minimum absolute atomic E-state index is 0.233. The molecule has 0 spiro atoms. The van der Waals surface area contributed by atoms with Crippen LogP contribution in [0.1, 0.15) is 37.9 Å². The number of hydrogen-bond donors (Lipinski definition) is 0. The monoisotopic (exact) mass is 335 g/mol. The lowest BCUT2D eigenvalue weighted by molar-refractivity contribution is -0.147. The lowest BCUT2D eigenvalue weighted by atomic mass is 9.92. The van der Waals surface area contributed by atoms with E-state index in [9.17, 15) is 9.59 Å². The van der Waals surface area contributed by atoms with Crippen molar-refractivity contribution in [1.82, 2.24) is 4.90 Å². The molecule has 0 saturated carbocycles. The molecule has 1 atom stereocenters. The van der Waals surface area contributed by atoms with E-state index in [1.54, 1.807) is 6.07 Å². The highest BCUT2D eigenvalue weighted by Crippen LogP contribution is 2.33. The Morgan fingerprint density at radius 2 is 2.08 bits per heavy atom. The van der Waals surface area contributed by atoms with Crippen molar-refractivity contribution in [3.05, 3.63) is 29.3 Å². The highest BCUT2D eigenvalue weighted by molar-refractivity contribution is 5.84. The molecule has 132 valence electrons. The van der Waals surface area contributed by atoms with Gasteiger partial charge in [-0.1, -0.05) is 19.9 Å². The zero-order valence-electron chi connectivity index (χ0n) is 14.7. The van der Waals surface area contributed by atoms with E-state index < -0.39 is 18.1 Å². The first-order valence-corrected chi connectivity index (χ1v) is 8.24. The molecular weight excluding hydrogens is 310 g/mol. The van der Waals surface area contributed by atoms with Crippen LogP contribution in [0.25, 0.3) is 0 Å². The van der Waals surface area contributed by atoms with E-state index in [1.165, 1.54) is 12.0 Å². The number of methoxy groups -OCH3 is 1. The standard InChI is InChI=1S/C18H25NO5/c1-5-23-14-6-7-15-13(10-14)8-9-19(16(15)17(20)22-4)18(21)24-11-12(2)3/h6-7,10,12,16H,5,8-9,11H2,1-4H3. The summed E-state index contributed by atoms with van der Waals surface area (Å²) in [6.45, 7) is 7.15. The van der Waals surface area contributed by atoms with Crippen LogP contribution >= 0.6 is 0 Å². The molecule has 0 aliphatic carbocycles. The third-order valence-corrected chi connectivity index (χ3v) is 3.85. The maximum Gasteiger partial charge on any atom is 0.410 e. The third-order valence-electron chi connectivity index (χ3n) is 3.85. The molecule has 0 aromatic heterocycles. The largest absolute Gasteiger partial charge is 0.494 e. The summed E-state index contributed by atoms with van der Waals surface area (Å²) in [6, 6.07) is 4.77. The number of esters is 1. The van der Waals surface area contributed by atoms with Crippen LogP contribution in [0.2, 0.25) is 0 Å². The van der Waals surface area contributed by atoms with Gasteiger partial charge in [0.15, 0.2) is 6.04 Å². The second-order valence-corrected chi connectivity index (χ2v) is 6.13. The summed E-state index contributed by atoms with van der Waals surface area (Å²) >= 11 is 0. The van der Waals surface area contributed by atoms with E-state index in [-0.39, 0.29) is 5.92 Å². The van der Waals surface area contributed by atoms with Crippen LogP contribution in [0.15, 0.2) is 18.2 Å². The number of ether oxygens (including phenoxy) is 3. The molecule has 1 heterocycles. The fourth-order valence-corrected chi connectivity index (χ4v) is 2.74. The van der Waals surface area contributed by atoms with Gasteiger partial charge >= 0.3 is 12.1 Å². The number of hydrogen-bond acceptors (Lipinski definition) is 5. The Hall–Kier alpha value is -2.24. The summed E-state index contributed by atoms with van der Waals surface area (Å²) in [4.78, 5) is 26.1. The van der Waals surface area contributed by atoms with E-state index in [4.69, 9.17) is 14.2 Å². The average molecular weight is 335 g/mol. The number of carbonyl (C=O) groups is 2. The zero-order chi connectivity index (χ0) is 17.7. The molecule has 1 aromatic carbocycles. The van der Waals surface area contributed by atoms with Crippen LogP contribution in [0.4, 0.5) is 4.79 Å². The first-order valence-electron chi connectivity index (χ1n) is 8.24. The molecule has 2 rings (SSSR count). The Labute approximate surface area is 142 Å². The van der Waals surface area contributed by atoms with Crippen LogP contribution in [-0.4, -0.2) is 43.8 Å². The summed E-state index contributed by atoms with van der Waals surface area (Å²) in [5, 5.41) is 0. The van der Waals surface area contributed by atoms with Crippen molar-refractivity contribution < 1.29 is 23.8 Å². The van der Waals surface area contributed by atoms with Crippen molar-refractivity contribution in [1.29, 1.82) is 0 Å². The van der Waals surface area contributed by atoms with E-state index in [0.29, 0.717) is 26.2 Å². The Bertz CT molecular complexity index is 599. The fourth-order valence-electron chi connectivity index (χ4n) is 2.74. The molecule has 0 radical (unpaired) electrons. The van der Waals surface area contributed by atoms with Crippen LogP contribution in [0.5, 0.6) is 5.75 Å². The Kier molecular flexibility index (Phi) is 6.06. The molecule has 24 heavy (non-hydrogen) atoms. The molecule has 0 fully saturated rings. The molecule has 0 saturated heterocycles. The zero-order valence-corrected chi connectivity index (χ0v) is 14.7. The van der Waals surface area contributed by atoms with Gasteiger partial charge in [-0.25, -0.2) is 9.59 Å². The van der Waals surface area contributed by atoms with Gasteiger partial charge < -0.3 is 14.2 Å². The molecule has 1 aromatic rings. The molecule has 6 nitrogen and oxygen atoms in total. The summed E-state index contributed by atoms with van der Waals surface area (Å²) in [7, 11) is 1.32. The van der Waals surface area contributed by atoms with Crippen molar-refractivity contribution in [3.63, 3.8) is 0 Å². The highest BCUT2D eigenvalue weighted by Gasteiger charge is 2.37. The fraction of sp³-hybridized carbons (Fsp3) is 0.556. The Morgan fingerprint density at radius 3 is 2.71 bits per heavy atom. The molecule has 1 amide bonds. The van der Waals surface area contributed by atoms with Gasteiger partial charge in [-0.15, -0.1) is 0 Å². The second kappa shape index (κ2) is 8.04. The minimum Gasteiger partial charge on any atom is -0.494 e. The summed E-state index contributed by atoms with van der Waals surface area (Å²) in [5.41, 5.74) is 1.75. The summed E-state index contributed by atoms with van der Waals surface area (Å²) in [5.74, 6) is 0.522. The van der Waals surface area contributed by atoms with Crippen molar-refractivity contribution in [3.8, 4) is 5.75 Å². The van der Waals surface area contributed by atoms with E-state index >= 15 is 0 Å². The molecule has 0 bridgehead atoms. The van der Waals surface area contributed by atoms with Crippen molar-refractivity contribution >= 4 is 12.1 Å². The predicted molar refractivity (Wildman–Crippen MR) is 89.0 cm³/mol. The summed E-state index contributed by atoms with van der Waals surface area (Å²) in [6.07, 6.45) is 0.152. The number of nitrogens with zero attached hydrogens (tertiary/aromatic N) is 1. The van der Waals surface area contributed by atoms with Gasteiger partial charge in [0, 0.05) is 6.54 Å². The smallest absolute Gasteiger partial charge is 0.410 e. The second-order valence-electron chi connectivity index (χ2n) is 6.13. The number of amides is 1. The highest BCUT2D eigenvalue weighted by atomic mass is 16.6. The van der Waals surface area contributed by atoms with Gasteiger partial charge in [0.2, 0.25) is 0 Å². The van der Waals surface area contributed by atoms with Crippen molar-refractivity contribution in [2.45, 2.75) is 33.2 Å². The number of rotatable bonds is 5. The number of benzene rings is 1. The number of fused-ring (bicyclic) bond motifs is 1. The maximum absolute atomic E-state index is 12.4. The molecule has 1 unspecified atom stereocenters. The van der Waals surface area contributed by atoms with Gasteiger partial charge in [0.1, 0.15) is 5.75 Å². The molecule has 6 heteroatoms. The SMILES string of the molecule is CCOc1ccc2c(c1)CCN(C(=O)OCC(C)C)C2C(=O)OC. The molecule has 1 aliphatic rings.